The van der Waals surface area contributed by atoms with Crippen LogP contribution in [0.1, 0.15) is 0 Å². The van der Waals surface area contributed by atoms with Crippen LogP contribution >= 0.6 is 0 Å². The Labute approximate surface area is 76.7 Å². The van der Waals surface area contributed by atoms with E-state index >= 15 is 0 Å². The lowest BCUT2D eigenvalue weighted by Crippen LogP contribution is -2.13. The lowest BCUT2D eigenvalue weighted by molar-refractivity contribution is 0.387. The van der Waals surface area contributed by atoms with E-state index in [2.05, 4.69) is 5.32 Å². The average molecular weight is 184 g/mol. The van der Waals surface area contributed by atoms with Gasteiger partial charge in [-0.25, -0.2) is 4.39 Å². The Hall–Kier alpha value is -1.29. The first-order valence-electron chi connectivity index (χ1n) is 4.05. The quantitative estimate of drug-likeness (QED) is 0.739. The van der Waals surface area contributed by atoms with E-state index in [1.807, 2.05) is 0 Å². The summed E-state index contributed by atoms with van der Waals surface area (Å²) < 4.78 is 17.7. The summed E-state index contributed by atoms with van der Waals surface area (Å²) in [5.74, 6) is -0.122. The summed E-state index contributed by atoms with van der Waals surface area (Å²) in [5.41, 5.74) is 6.12. The van der Waals surface area contributed by atoms with E-state index in [1.54, 1.807) is 12.1 Å². The molecule has 0 spiro atoms. The Morgan fingerprint density at radius 3 is 2.92 bits per heavy atom. The van der Waals surface area contributed by atoms with E-state index in [0.29, 0.717) is 13.1 Å². The first kappa shape index (κ1) is 9.80. The Morgan fingerprint density at radius 1 is 1.54 bits per heavy atom. The van der Waals surface area contributed by atoms with E-state index < -0.39 is 0 Å². The highest BCUT2D eigenvalue weighted by Crippen LogP contribution is 2.20. The van der Waals surface area contributed by atoms with Crippen LogP contribution in [0.2, 0.25) is 0 Å². The van der Waals surface area contributed by atoms with Crippen molar-refractivity contribution in [1.82, 2.24) is 0 Å². The number of hydrogen-bond donors (Lipinski definition) is 2. The normalized spacial score (nSPS) is 9.77. The fourth-order valence-corrected chi connectivity index (χ4v) is 0.986. The Bertz CT molecular complexity index is 278. The smallest absolute Gasteiger partial charge is 0.165 e. The van der Waals surface area contributed by atoms with E-state index in [4.69, 9.17) is 10.5 Å². The molecule has 0 fully saturated rings. The Balaban J connectivity index is 2.74. The van der Waals surface area contributed by atoms with Gasteiger partial charge in [-0.1, -0.05) is 0 Å². The molecule has 0 saturated carbocycles. The number of nitrogens with one attached hydrogen (secondary N) is 1. The summed E-state index contributed by atoms with van der Waals surface area (Å²) in [5, 5.41) is 3.02. The molecule has 1 aromatic carbocycles. The van der Waals surface area contributed by atoms with Gasteiger partial charge in [-0.05, 0) is 12.1 Å². The third kappa shape index (κ3) is 2.59. The van der Waals surface area contributed by atoms with Gasteiger partial charge in [0, 0.05) is 24.8 Å². The monoisotopic (exact) mass is 184 g/mol. The standard InChI is InChI=1S/C9H13FN2O/c1-13-9-6-7(12-5-4-11)2-3-8(9)10/h2-3,6,12H,4-5,11H2,1H3. The van der Waals surface area contributed by atoms with Gasteiger partial charge >= 0.3 is 0 Å². The third-order valence-electron chi connectivity index (χ3n) is 1.62. The molecule has 1 rings (SSSR count). The second-order valence-corrected chi connectivity index (χ2v) is 2.56. The molecule has 0 aliphatic carbocycles. The molecule has 1 aromatic rings. The maximum absolute atomic E-state index is 12.9. The molecule has 13 heavy (non-hydrogen) atoms. The minimum Gasteiger partial charge on any atom is -0.494 e. The second kappa shape index (κ2) is 4.67. The van der Waals surface area contributed by atoms with Gasteiger partial charge in [0.25, 0.3) is 0 Å². The Kier molecular flexibility index (Phi) is 3.52. The molecule has 0 aliphatic rings. The van der Waals surface area contributed by atoms with Gasteiger partial charge in [0.15, 0.2) is 11.6 Å². The molecule has 0 unspecified atom stereocenters. The van der Waals surface area contributed by atoms with E-state index in [9.17, 15) is 4.39 Å². The number of halogens is 1. The highest BCUT2D eigenvalue weighted by atomic mass is 19.1. The van der Waals surface area contributed by atoms with Crippen molar-refractivity contribution in [3.63, 3.8) is 0 Å². The van der Waals surface area contributed by atoms with Crippen molar-refractivity contribution >= 4 is 5.69 Å². The van der Waals surface area contributed by atoms with E-state index in [1.165, 1.54) is 13.2 Å². The molecule has 0 aromatic heterocycles. The van der Waals surface area contributed by atoms with Crippen molar-refractivity contribution in [2.45, 2.75) is 0 Å². The molecular formula is C9H13FN2O. The molecule has 0 atom stereocenters. The maximum atomic E-state index is 12.9. The number of rotatable bonds is 4. The number of hydrogen-bond acceptors (Lipinski definition) is 3. The van der Waals surface area contributed by atoms with Crippen molar-refractivity contribution in [1.29, 1.82) is 0 Å². The van der Waals surface area contributed by atoms with Gasteiger partial charge in [0.2, 0.25) is 0 Å². The molecule has 3 nitrogen and oxygen atoms in total. The van der Waals surface area contributed by atoms with Crippen LogP contribution in [0, 0.1) is 5.82 Å². The zero-order chi connectivity index (χ0) is 9.68. The van der Waals surface area contributed by atoms with Crippen molar-refractivity contribution in [3.05, 3.63) is 24.0 Å². The summed E-state index contributed by atoms with van der Waals surface area (Å²) in [6, 6.07) is 4.61. The number of benzene rings is 1. The van der Waals surface area contributed by atoms with Gasteiger partial charge in [-0.3, -0.25) is 0 Å². The van der Waals surface area contributed by atoms with Crippen molar-refractivity contribution in [2.75, 3.05) is 25.5 Å². The molecule has 0 amide bonds. The predicted octanol–water partition coefficient (Wildman–Crippen LogP) is 1.20. The predicted molar refractivity (Wildman–Crippen MR) is 50.5 cm³/mol. The first-order chi connectivity index (χ1) is 6.27. The minimum absolute atomic E-state index is 0.238. The SMILES string of the molecule is COc1cc(NCCN)ccc1F. The number of anilines is 1. The van der Waals surface area contributed by atoms with Gasteiger partial charge in [0.1, 0.15) is 0 Å². The van der Waals surface area contributed by atoms with Crippen LogP contribution in [-0.4, -0.2) is 20.2 Å². The van der Waals surface area contributed by atoms with Crippen molar-refractivity contribution < 1.29 is 9.13 Å². The molecule has 72 valence electrons. The van der Waals surface area contributed by atoms with Crippen LogP contribution in [0.5, 0.6) is 5.75 Å². The van der Waals surface area contributed by atoms with Crippen LogP contribution in [-0.2, 0) is 0 Å². The van der Waals surface area contributed by atoms with Crippen molar-refractivity contribution in [3.8, 4) is 5.75 Å². The molecule has 4 heteroatoms. The molecular weight excluding hydrogens is 171 g/mol. The summed E-state index contributed by atoms with van der Waals surface area (Å²) in [4.78, 5) is 0. The Morgan fingerprint density at radius 2 is 2.31 bits per heavy atom. The lowest BCUT2D eigenvalue weighted by Gasteiger charge is -2.07. The lowest BCUT2D eigenvalue weighted by atomic mass is 10.3. The van der Waals surface area contributed by atoms with Crippen LogP contribution < -0.4 is 15.8 Å². The number of ether oxygens (including phenoxy) is 1. The van der Waals surface area contributed by atoms with Gasteiger partial charge in [-0.15, -0.1) is 0 Å². The molecule has 3 N–H and O–H groups in total. The molecule has 0 radical (unpaired) electrons. The van der Waals surface area contributed by atoms with Gasteiger partial charge in [0.05, 0.1) is 7.11 Å². The zero-order valence-electron chi connectivity index (χ0n) is 7.51. The molecule has 0 saturated heterocycles. The highest BCUT2D eigenvalue weighted by Gasteiger charge is 2.01. The zero-order valence-corrected chi connectivity index (χ0v) is 7.51. The van der Waals surface area contributed by atoms with E-state index in [0.717, 1.165) is 5.69 Å². The topological polar surface area (TPSA) is 47.3 Å². The van der Waals surface area contributed by atoms with Gasteiger partial charge < -0.3 is 15.8 Å². The van der Waals surface area contributed by atoms with Crippen molar-refractivity contribution in [2.24, 2.45) is 5.73 Å². The van der Waals surface area contributed by atoms with Crippen LogP contribution in [0.15, 0.2) is 18.2 Å². The fraction of sp³-hybridized carbons (Fsp3) is 0.333. The maximum Gasteiger partial charge on any atom is 0.165 e. The summed E-state index contributed by atoms with van der Waals surface area (Å²) in [6.07, 6.45) is 0. The third-order valence-corrected chi connectivity index (χ3v) is 1.62. The second-order valence-electron chi connectivity index (χ2n) is 2.56. The van der Waals surface area contributed by atoms with Crippen LogP contribution in [0.3, 0.4) is 0 Å². The largest absolute Gasteiger partial charge is 0.494 e. The average Bonchev–Trinajstić information content (AvgIpc) is 2.16. The van der Waals surface area contributed by atoms with Crippen LogP contribution in [0.25, 0.3) is 0 Å². The minimum atomic E-state index is -0.360. The first-order valence-corrected chi connectivity index (χ1v) is 4.05. The fourth-order valence-electron chi connectivity index (χ4n) is 0.986. The summed E-state index contributed by atoms with van der Waals surface area (Å²) in [6.45, 7) is 1.20. The van der Waals surface area contributed by atoms with E-state index in [-0.39, 0.29) is 11.6 Å². The number of methoxy groups -OCH3 is 1. The molecule has 0 aliphatic heterocycles. The summed E-state index contributed by atoms with van der Waals surface area (Å²) >= 11 is 0. The molecule has 0 bridgehead atoms. The summed E-state index contributed by atoms with van der Waals surface area (Å²) in [7, 11) is 1.44. The molecule has 0 heterocycles. The highest BCUT2D eigenvalue weighted by molar-refractivity contribution is 5.48. The van der Waals surface area contributed by atoms with Crippen LogP contribution in [0.4, 0.5) is 10.1 Å². The number of nitrogens with two attached hydrogens (primary N) is 1. The van der Waals surface area contributed by atoms with Gasteiger partial charge in [-0.2, -0.15) is 0 Å².